The summed E-state index contributed by atoms with van der Waals surface area (Å²) < 4.78 is 0. The van der Waals surface area contributed by atoms with Crippen molar-refractivity contribution in [2.24, 2.45) is 5.92 Å². The third kappa shape index (κ3) is 23.6. The van der Waals surface area contributed by atoms with Crippen molar-refractivity contribution in [1.82, 2.24) is 0 Å². The highest BCUT2D eigenvalue weighted by Crippen LogP contribution is 2.37. The normalized spacial score (nSPS) is 13.9. The molecule has 0 spiro atoms. The summed E-state index contributed by atoms with van der Waals surface area (Å²) in [6.07, 6.45) is 26.7. The molecule has 0 unspecified atom stereocenters. The van der Waals surface area contributed by atoms with Crippen LogP contribution in [0.25, 0.3) is 0 Å². The summed E-state index contributed by atoms with van der Waals surface area (Å²) in [7, 11) is 0. The Morgan fingerprint density at radius 2 is 0.941 bits per heavy atom. The largest absolute Gasteiger partial charge is 0.0996 e. The van der Waals surface area contributed by atoms with Crippen molar-refractivity contribution in [3.8, 4) is 0 Å². The molecule has 196 valence electrons. The molecule has 1 fully saturated rings. The summed E-state index contributed by atoms with van der Waals surface area (Å²) in [5.41, 5.74) is 8.94. The van der Waals surface area contributed by atoms with Crippen molar-refractivity contribution in [3.05, 3.63) is 70.4 Å². The molecule has 0 aromatic heterocycles. The van der Waals surface area contributed by atoms with Crippen LogP contribution in [0.3, 0.4) is 0 Å². The van der Waals surface area contributed by atoms with Gasteiger partial charge in [0.05, 0.1) is 0 Å². The molecule has 0 N–H and O–H groups in total. The van der Waals surface area contributed by atoms with E-state index in [2.05, 4.69) is 92.3 Å². The fourth-order valence-corrected chi connectivity index (χ4v) is 3.62. The molecule has 0 bridgehead atoms. The van der Waals surface area contributed by atoms with Crippen molar-refractivity contribution >= 4 is 0 Å². The van der Waals surface area contributed by atoms with Crippen LogP contribution in [0.1, 0.15) is 140 Å². The molecular formula is C34H60. The fourth-order valence-electron chi connectivity index (χ4n) is 3.62. The van der Waals surface area contributed by atoms with Gasteiger partial charge in [-0.25, -0.2) is 0 Å². The van der Waals surface area contributed by atoms with Gasteiger partial charge < -0.3 is 0 Å². The zero-order chi connectivity index (χ0) is 25.1. The van der Waals surface area contributed by atoms with Gasteiger partial charge in [-0.15, -0.1) is 0 Å². The second-order valence-electron chi connectivity index (χ2n) is 10.6. The molecule has 1 aliphatic carbocycles. The number of hydrogen-bond donors (Lipinski definition) is 0. The summed E-state index contributed by atoms with van der Waals surface area (Å²) in [5.74, 6) is 0.874. The van der Waals surface area contributed by atoms with Crippen LogP contribution in [0, 0.1) is 5.92 Å². The van der Waals surface area contributed by atoms with E-state index in [1.165, 1.54) is 105 Å². The van der Waals surface area contributed by atoms with E-state index < -0.39 is 0 Å². The highest BCUT2D eigenvalue weighted by molar-refractivity contribution is 5.10. The first-order chi connectivity index (χ1) is 15.6. The van der Waals surface area contributed by atoms with Gasteiger partial charge >= 0.3 is 0 Å². The molecule has 0 atom stereocenters. The average molecular weight is 469 g/mol. The molecule has 0 nitrogen and oxygen atoms in total. The van der Waals surface area contributed by atoms with Crippen LogP contribution in [0.4, 0.5) is 0 Å². The van der Waals surface area contributed by atoms with Crippen molar-refractivity contribution in [2.75, 3.05) is 0 Å². The molecule has 34 heavy (non-hydrogen) atoms. The monoisotopic (exact) mass is 468 g/mol. The molecule has 0 aromatic carbocycles. The minimum atomic E-state index is 0. The van der Waals surface area contributed by atoms with Gasteiger partial charge in [-0.2, -0.15) is 0 Å². The van der Waals surface area contributed by atoms with E-state index in [4.69, 9.17) is 0 Å². The summed E-state index contributed by atoms with van der Waals surface area (Å²) >= 11 is 0. The van der Waals surface area contributed by atoms with E-state index >= 15 is 0 Å². The van der Waals surface area contributed by atoms with Gasteiger partial charge in [0.25, 0.3) is 0 Å². The lowest BCUT2D eigenvalue weighted by atomic mass is 10.0. The maximum absolute atomic E-state index is 4.16. The third-order valence-corrected chi connectivity index (χ3v) is 6.11. The molecule has 0 aromatic rings. The number of rotatable bonds is 15. The van der Waals surface area contributed by atoms with Crippen molar-refractivity contribution in [3.63, 3.8) is 0 Å². The Hall–Kier alpha value is -1.56. The Kier molecular flexibility index (Phi) is 22.3. The first-order valence-corrected chi connectivity index (χ1v) is 13.6. The second-order valence-corrected chi connectivity index (χ2v) is 10.6. The van der Waals surface area contributed by atoms with Crippen LogP contribution in [0.15, 0.2) is 70.4 Å². The maximum atomic E-state index is 4.16. The minimum absolute atomic E-state index is 0. The van der Waals surface area contributed by atoms with Gasteiger partial charge in [0.1, 0.15) is 0 Å². The molecule has 0 radical (unpaired) electrons. The van der Waals surface area contributed by atoms with Gasteiger partial charge in [0, 0.05) is 0 Å². The second kappa shape index (κ2) is 21.9. The third-order valence-electron chi connectivity index (χ3n) is 6.11. The van der Waals surface area contributed by atoms with Gasteiger partial charge in [0.2, 0.25) is 0 Å². The predicted octanol–water partition coefficient (Wildman–Crippen LogP) is 12.3. The van der Waals surface area contributed by atoms with Crippen LogP contribution in [0.5, 0.6) is 0 Å². The molecular weight excluding hydrogens is 408 g/mol. The van der Waals surface area contributed by atoms with Gasteiger partial charge in [-0.3, -0.25) is 0 Å². The Morgan fingerprint density at radius 1 is 0.588 bits per heavy atom. The Balaban J connectivity index is 0. The molecule has 0 amide bonds. The van der Waals surface area contributed by atoms with Crippen LogP contribution >= 0.6 is 0 Å². The molecule has 0 saturated heterocycles. The molecule has 1 saturated carbocycles. The van der Waals surface area contributed by atoms with E-state index in [1.807, 2.05) is 0 Å². The topological polar surface area (TPSA) is 0 Å². The molecule has 0 heterocycles. The standard InChI is InChI=1S/C17H30.C16H26.CH4/c1-6-7-11-16(4)13-9-14-17(5)12-8-10-15(2)3;1-13(2)7-5-8-14(3)9-6-10-15(4)16-11-12-16;/h10-11,14H,6-9,12-13H2,1-5H3;7,9,16H,4-6,8,10-12H2,1-3H3;1H4/b16-11+,17-14+;14-9+;. The summed E-state index contributed by atoms with van der Waals surface area (Å²) in [6, 6.07) is 0. The van der Waals surface area contributed by atoms with Crippen molar-refractivity contribution in [1.29, 1.82) is 0 Å². The van der Waals surface area contributed by atoms with Gasteiger partial charge in [-0.05, 0) is 125 Å². The number of hydrogen-bond acceptors (Lipinski definition) is 0. The number of unbranched alkanes of at least 4 members (excludes halogenated alkanes) is 1. The quantitative estimate of drug-likeness (QED) is 0.210. The van der Waals surface area contributed by atoms with Crippen LogP contribution < -0.4 is 0 Å². The van der Waals surface area contributed by atoms with E-state index in [0.717, 1.165) is 5.92 Å². The smallest absolute Gasteiger partial charge is 0.0205 e. The first-order valence-electron chi connectivity index (χ1n) is 13.6. The van der Waals surface area contributed by atoms with Gasteiger partial charge in [-0.1, -0.05) is 91.2 Å². The Bertz CT molecular complexity index is 678. The molecule has 1 rings (SSSR count). The van der Waals surface area contributed by atoms with E-state index in [9.17, 15) is 0 Å². The molecule has 0 heteroatoms. The molecule has 0 aliphatic heterocycles. The van der Waals surface area contributed by atoms with Crippen molar-refractivity contribution < 1.29 is 0 Å². The zero-order valence-corrected chi connectivity index (χ0v) is 23.7. The molecule has 1 aliphatic rings. The van der Waals surface area contributed by atoms with E-state index in [0.29, 0.717) is 0 Å². The summed E-state index contributed by atoms with van der Waals surface area (Å²) in [5, 5.41) is 0. The minimum Gasteiger partial charge on any atom is -0.0996 e. The Labute approximate surface area is 216 Å². The van der Waals surface area contributed by atoms with Crippen molar-refractivity contribution in [2.45, 2.75) is 140 Å². The average Bonchev–Trinajstić information content (AvgIpc) is 3.57. The van der Waals surface area contributed by atoms with E-state index in [-0.39, 0.29) is 7.43 Å². The lowest BCUT2D eigenvalue weighted by Gasteiger charge is -2.02. The predicted molar refractivity (Wildman–Crippen MR) is 161 cm³/mol. The van der Waals surface area contributed by atoms with Gasteiger partial charge in [0.15, 0.2) is 0 Å². The summed E-state index contributed by atoms with van der Waals surface area (Å²) in [6.45, 7) is 21.8. The highest BCUT2D eigenvalue weighted by atomic mass is 14.3. The fraction of sp³-hybridized carbons (Fsp3) is 0.647. The lowest BCUT2D eigenvalue weighted by molar-refractivity contribution is 0.854. The van der Waals surface area contributed by atoms with Crippen LogP contribution in [0.2, 0.25) is 0 Å². The first kappa shape index (κ1) is 34.6. The Morgan fingerprint density at radius 3 is 1.29 bits per heavy atom. The lowest BCUT2D eigenvalue weighted by Crippen LogP contribution is -1.84. The van der Waals surface area contributed by atoms with E-state index in [1.54, 1.807) is 5.57 Å². The maximum Gasteiger partial charge on any atom is -0.0205 e. The highest BCUT2D eigenvalue weighted by Gasteiger charge is 2.23. The zero-order valence-electron chi connectivity index (χ0n) is 23.7. The van der Waals surface area contributed by atoms with Crippen LogP contribution in [-0.2, 0) is 0 Å². The SMILES string of the molecule is C.C=C(CC/C=C(\C)CCC=C(C)C)C1CC1.CCC/C=C(\C)CC/C=C(\C)CCC=C(C)C. The van der Waals surface area contributed by atoms with Crippen LogP contribution in [-0.4, -0.2) is 0 Å². The summed E-state index contributed by atoms with van der Waals surface area (Å²) in [4.78, 5) is 0. The number of allylic oxidation sites excluding steroid dienone is 11.